The Bertz CT molecular complexity index is 979. The average molecular weight is 422 g/mol. The van der Waals surface area contributed by atoms with Crippen LogP contribution in [0.1, 0.15) is 24.0 Å². The first-order chi connectivity index (χ1) is 14.6. The third-order valence-corrected chi connectivity index (χ3v) is 6.56. The van der Waals surface area contributed by atoms with Crippen LogP contribution in [0.2, 0.25) is 0 Å². The number of likely N-dealkylation sites (tertiary alicyclic amines) is 1. The zero-order valence-corrected chi connectivity index (χ0v) is 18.0. The van der Waals surface area contributed by atoms with Gasteiger partial charge in [-0.25, -0.2) is 4.68 Å². The van der Waals surface area contributed by atoms with Crippen LogP contribution >= 0.6 is 11.8 Å². The zero-order valence-electron chi connectivity index (χ0n) is 17.2. The smallest absolute Gasteiger partial charge is 0.233 e. The van der Waals surface area contributed by atoms with Gasteiger partial charge in [0.05, 0.1) is 5.75 Å². The van der Waals surface area contributed by atoms with Crippen molar-refractivity contribution in [3.8, 4) is 11.4 Å². The lowest BCUT2D eigenvalue weighted by atomic mass is 9.90. The van der Waals surface area contributed by atoms with Crippen LogP contribution in [0.4, 0.5) is 0 Å². The van der Waals surface area contributed by atoms with Crippen molar-refractivity contribution >= 4 is 17.7 Å². The van der Waals surface area contributed by atoms with Crippen molar-refractivity contribution in [2.45, 2.75) is 31.3 Å². The van der Waals surface area contributed by atoms with Crippen LogP contribution < -0.4 is 5.84 Å². The molecule has 0 aliphatic carbocycles. The second-order valence-electron chi connectivity index (χ2n) is 7.84. The highest BCUT2D eigenvalue weighted by molar-refractivity contribution is 7.99. The van der Waals surface area contributed by atoms with Gasteiger partial charge in [-0.15, -0.1) is 10.2 Å². The van der Waals surface area contributed by atoms with Crippen molar-refractivity contribution in [2.24, 2.45) is 5.92 Å². The summed E-state index contributed by atoms with van der Waals surface area (Å²) in [6, 6.07) is 18.6. The van der Waals surface area contributed by atoms with Gasteiger partial charge in [-0.1, -0.05) is 71.9 Å². The first kappa shape index (κ1) is 20.5. The summed E-state index contributed by atoms with van der Waals surface area (Å²) < 4.78 is 1.47. The third kappa shape index (κ3) is 4.84. The normalized spacial score (nSPS) is 14.8. The fourth-order valence-electron chi connectivity index (χ4n) is 3.83. The van der Waals surface area contributed by atoms with Gasteiger partial charge >= 0.3 is 0 Å². The first-order valence-corrected chi connectivity index (χ1v) is 11.3. The Morgan fingerprint density at radius 1 is 1.07 bits per heavy atom. The number of nitrogens with zero attached hydrogens (tertiary/aromatic N) is 4. The molecule has 2 heterocycles. The standard InChI is InChI=1S/C23H27N5OS/c1-17-7-9-20(10-8-17)22-25-26-23(28(22)24)30-16-21(29)27-13-11-19(12-14-27)15-18-5-3-2-4-6-18/h2-10,19H,11-16,24H2,1H3. The van der Waals surface area contributed by atoms with E-state index >= 15 is 0 Å². The summed E-state index contributed by atoms with van der Waals surface area (Å²) >= 11 is 1.34. The third-order valence-electron chi connectivity index (χ3n) is 5.63. The van der Waals surface area contributed by atoms with Crippen molar-refractivity contribution in [3.05, 3.63) is 65.7 Å². The maximum atomic E-state index is 12.7. The van der Waals surface area contributed by atoms with Gasteiger partial charge < -0.3 is 10.7 Å². The van der Waals surface area contributed by atoms with E-state index in [2.05, 4.69) is 34.5 Å². The number of hydrogen-bond donors (Lipinski definition) is 1. The van der Waals surface area contributed by atoms with E-state index < -0.39 is 0 Å². The molecule has 2 aromatic carbocycles. The Labute approximate surface area is 181 Å². The van der Waals surface area contributed by atoms with E-state index in [9.17, 15) is 4.79 Å². The van der Waals surface area contributed by atoms with Crippen LogP contribution in [0, 0.1) is 12.8 Å². The Morgan fingerprint density at radius 3 is 2.47 bits per heavy atom. The Morgan fingerprint density at radius 2 is 1.77 bits per heavy atom. The number of carbonyl (C=O) groups excluding carboxylic acids is 1. The minimum absolute atomic E-state index is 0.137. The fourth-order valence-corrected chi connectivity index (χ4v) is 4.59. The van der Waals surface area contributed by atoms with Gasteiger partial charge in [0.25, 0.3) is 0 Å². The molecule has 156 valence electrons. The molecule has 1 amide bonds. The van der Waals surface area contributed by atoms with E-state index in [0.29, 0.717) is 22.7 Å². The van der Waals surface area contributed by atoms with Crippen LogP contribution in [0.25, 0.3) is 11.4 Å². The second-order valence-corrected chi connectivity index (χ2v) is 8.79. The SMILES string of the molecule is Cc1ccc(-c2nnc(SCC(=O)N3CCC(Cc4ccccc4)CC3)n2N)cc1. The molecule has 30 heavy (non-hydrogen) atoms. The van der Waals surface area contributed by atoms with E-state index in [1.807, 2.05) is 42.2 Å². The Hall–Kier alpha value is -2.80. The van der Waals surface area contributed by atoms with Gasteiger partial charge in [0, 0.05) is 18.7 Å². The largest absolute Gasteiger partial charge is 0.342 e. The summed E-state index contributed by atoms with van der Waals surface area (Å²) in [6.45, 7) is 3.68. The highest BCUT2D eigenvalue weighted by Crippen LogP contribution is 2.25. The molecule has 1 aliphatic rings. The summed E-state index contributed by atoms with van der Waals surface area (Å²) in [6.07, 6.45) is 3.20. The van der Waals surface area contributed by atoms with Crippen molar-refractivity contribution in [1.29, 1.82) is 0 Å². The highest BCUT2D eigenvalue weighted by atomic mass is 32.2. The molecular weight excluding hydrogens is 394 g/mol. The monoisotopic (exact) mass is 421 g/mol. The molecule has 2 N–H and O–H groups in total. The lowest BCUT2D eigenvalue weighted by molar-refractivity contribution is -0.129. The van der Waals surface area contributed by atoms with Gasteiger partial charge in [0.1, 0.15) is 0 Å². The molecule has 1 fully saturated rings. The van der Waals surface area contributed by atoms with Crippen molar-refractivity contribution in [3.63, 3.8) is 0 Å². The van der Waals surface area contributed by atoms with Crippen LogP contribution in [-0.4, -0.2) is 44.5 Å². The van der Waals surface area contributed by atoms with Crippen LogP contribution in [0.3, 0.4) is 0 Å². The summed E-state index contributed by atoms with van der Waals surface area (Å²) in [7, 11) is 0. The molecule has 0 radical (unpaired) electrons. The molecule has 1 aromatic heterocycles. The topological polar surface area (TPSA) is 77.0 Å². The number of benzene rings is 2. The lowest BCUT2D eigenvalue weighted by Crippen LogP contribution is -2.39. The molecular formula is C23H27N5OS. The van der Waals surface area contributed by atoms with Gasteiger partial charge in [-0.05, 0) is 37.7 Å². The van der Waals surface area contributed by atoms with Crippen molar-refractivity contribution < 1.29 is 4.79 Å². The minimum atomic E-state index is 0.137. The number of hydrogen-bond acceptors (Lipinski definition) is 5. The number of rotatable bonds is 6. The molecule has 0 atom stereocenters. The number of nitrogens with two attached hydrogens (primary N) is 1. The van der Waals surface area contributed by atoms with Gasteiger partial charge in [-0.3, -0.25) is 4.79 Å². The molecule has 6 nitrogen and oxygen atoms in total. The molecule has 3 aromatic rings. The predicted molar refractivity (Wildman–Crippen MR) is 121 cm³/mol. The van der Waals surface area contributed by atoms with Gasteiger partial charge in [0.15, 0.2) is 5.82 Å². The molecule has 4 rings (SSSR count). The second kappa shape index (κ2) is 9.34. The lowest BCUT2D eigenvalue weighted by Gasteiger charge is -2.32. The quantitative estimate of drug-likeness (QED) is 0.487. The highest BCUT2D eigenvalue weighted by Gasteiger charge is 2.23. The number of nitrogen functional groups attached to an aromatic ring is 1. The number of aromatic nitrogens is 3. The molecule has 7 heteroatoms. The summed E-state index contributed by atoms with van der Waals surface area (Å²) in [5, 5.41) is 8.92. The van der Waals surface area contributed by atoms with Crippen LogP contribution in [-0.2, 0) is 11.2 Å². The summed E-state index contributed by atoms with van der Waals surface area (Å²) in [5.41, 5.74) is 3.47. The fraction of sp³-hybridized carbons (Fsp3) is 0.348. The average Bonchev–Trinajstić information content (AvgIpc) is 3.14. The molecule has 1 saturated heterocycles. The van der Waals surface area contributed by atoms with E-state index in [1.165, 1.54) is 27.6 Å². The summed E-state index contributed by atoms with van der Waals surface area (Å²) in [4.78, 5) is 14.6. The van der Waals surface area contributed by atoms with E-state index in [1.54, 1.807) is 0 Å². The van der Waals surface area contributed by atoms with E-state index in [4.69, 9.17) is 5.84 Å². The minimum Gasteiger partial charge on any atom is -0.342 e. The number of amides is 1. The molecule has 0 bridgehead atoms. The molecule has 0 saturated carbocycles. The van der Waals surface area contributed by atoms with Crippen LogP contribution in [0.15, 0.2) is 59.8 Å². The molecule has 0 unspecified atom stereocenters. The Balaban J connectivity index is 1.28. The number of piperidine rings is 1. The zero-order chi connectivity index (χ0) is 20.9. The maximum absolute atomic E-state index is 12.7. The molecule has 0 spiro atoms. The molecule has 1 aliphatic heterocycles. The predicted octanol–water partition coefficient (Wildman–Crippen LogP) is 3.54. The maximum Gasteiger partial charge on any atom is 0.233 e. The van der Waals surface area contributed by atoms with Crippen molar-refractivity contribution in [1.82, 2.24) is 19.8 Å². The van der Waals surface area contributed by atoms with Crippen LogP contribution in [0.5, 0.6) is 0 Å². The van der Waals surface area contributed by atoms with Crippen molar-refractivity contribution in [2.75, 3.05) is 24.7 Å². The van der Waals surface area contributed by atoms with E-state index in [0.717, 1.165) is 37.9 Å². The number of thioether (sulfide) groups is 1. The number of aryl methyl sites for hydroxylation is 1. The number of carbonyl (C=O) groups is 1. The summed E-state index contributed by atoms with van der Waals surface area (Å²) in [5.74, 6) is 7.89. The van der Waals surface area contributed by atoms with Gasteiger partial charge in [0.2, 0.25) is 11.1 Å². The first-order valence-electron chi connectivity index (χ1n) is 10.3. The Kier molecular flexibility index (Phi) is 6.38. The van der Waals surface area contributed by atoms with Gasteiger partial charge in [-0.2, -0.15) is 0 Å². The van der Waals surface area contributed by atoms with E-state index in [-0.39, 0.29) is 5.91 Å².